The topological polar surface area (TPSA) is 43.4 Å². The van der Waals surface area contributed by atoms with Gasteiger partial charge in [-0.3, -0.25) is 4.79 Å². The van der Waals surface area contributed by atoms with Gasteiger partial charge in [-0.05, 0) is 30.2 Å². The summed E-state index contributed by atoms with van der Waals surface area (Å²) in [4.78, 5) is 25.3. The molecule has 0 aliphatic carbocycles. The second-order valence-corrected chi connectivity index (χ2v) is 6.89. The van der Waals surface area contributed by atoms with E-state index in [-0.39, 0.29) is 17.5 Å². The molecule has 0 saturated heterocycles. The van der Waals surface area contributed by atoms with Crippen molar-refractivity contribution in [3.63, 3.8) is 0 Å². The summed E-state index contributed by atoms with van der Waals surface area (Å²) in [6, 6.07) is 24.9. The van der Waals surface area contributed by atoms with Crippen molar-refractivity contribution >= 4 is 23.5 Å². The molecule has 0 heterocycles. The van der Waals surface area contributed by atoms with Crippen molar-refractivity contribution < 1.29 is 14.3 Å². The monoisotopic (exact) mass is 376 g/mol. The number of rotatable bonds is 7. The summed E-state index contributed by atoms with van der Waals surface area (Å²) >= 11 is 1.35. The Hall–Kier alpha value is -2.85. The molecule has 3 aromatic rings. The van der Waals surface area contributed by atoms with Crippen LogP contribution in [0.15, 0.2) is 83.8 Å². The molecule has 0 spiro atoms. The molecule has 0 unspecified atom stereocenters. The van der Waals surface area contributed by atoms with E-state index in [2.05, 4.69) is 0 Å². The standard InChI is InChI=1S/C23H20O3S/c1-2-26-23(25)20-10-6-7-11-22(20)27-16-21(24)19-14-12-18(13-15-19)17-8-4-3-5-9-17/h3-15H,2,16H2,1H3. The number of Topliss-reactive ketones (excluding diaryl/α,β-unsaturated/α-hetero) is 1. The highest BCUT2D eigenvalue weighted by atomic mass is 32.2. The zero-order valence-corrected chi connectivity index (χ0v) is 15.9. The predicted molar refractivity (Wildman–Crippen MR) is 109 cm³/mol. The first-order chi connectivity index (χ1) is 13.2. The molecular weight excluding hydrogens is 356 g/mol. The second-order valence-electron chi connectivity index (χ2n) is 5.87. The van der Waals surface area contributed by atoms with Gasteiger partial charge in [0.1, 0.15) is 0 Å². The number of thioether (sulfide) groups is 1. The zero-order valence-electron chi connectivity index (χ0n) is 15.1. The number of hydrogen-bond donors (Lipinski definition) is 0. The number of carbonyl (C=O) groups excluding carboxylic acids is 2. The van der Waals surface area contributed by atoms with Crippen LogP contribution in [-0.4, -0.2) is 24.1 Å². The molecule has 0 saturated carbocycles. The van der Waals surface area contributed by atoms with E-state index >= 15 is 0 Å². The average Bonchev–Trinajstić information content (AvgIpc) is 2.73. The molecule has 0 N–H and O–H groups in total. The van der Waals surface area contributed by atoms with Gasteiger partial charge in [0.15, 0.2) is 5.78 Å². The van der Waals surface area contributed by atoms with Crippen molar-refractivity contribution in [1.82, 2.24) is 0 Å². The van der Waals surface area contributed by atoms with E-state index in [1.54, 1.807) is 19.1 Å². The van der Waals surface area contributed by atoms with E-state index in [1.807, 2.05) is 66.7 Å². The largest absolute Gasteiger partial charge is 0.462 e. The predicted octanol–water partition coefficient (Wildman–Crippen LogP) is 5.51. The Morgan fingerprint density at radius 1 is 0.815 bits per heavy atom. The van der Waals surface area contributed by atoms with Crippen LogP contribution in [0.5, 0.6) is 0 Å². The molecule has 0 aliphatic heterocycles. The van der Waals surface area contributed by atoms with Crippen LogP contribution < -0.4 is 0 Å². The molecule has 0 fully saturated rings. The number of benzene rings is 3. The van der Waals surface area contributed by atoms with Crippen LogP contribution in [0.25, 0.3) is 11.1 Å². The first-order valence-electron chi connectivity index (χ1n) is 8.76. The van der Waals surface area contributed by atoms with Gasteiger partial charge in [-0.1, -0.05) is 66.7 Å². The molecule has 3 rings (SSSR count). The lowest BCUT2D eigenvalue weighted by atomic mass is 10.0. The lowest BCUT2D eigenvalue weighted by molar-refractivity contribution is 0.0522. The summed E-state index contributed by atoms with van der Waals surface area (Å²) in [6.07, 6.45) is 0. The molecule has 0 radical (unpaired) electrons. The van der Waals surface area contributed by atoms with Crippen molar-refractivity contribution in [2.45, 2.75) is 11.8 Å². The highest BCUT2D eigenvalue weighted by Gasteiger charge is 2.14. The highest BCUT2D eigenvalue weighted by Crippen LogP contribution is 2.25. The van der Waals surface area contributed by atoms with Crippen LogP contribution in [0.1, 0.15) is 27.6 Å². The Kier molecular flexibility index (Phi) is 6.44. The molecule has 0 bridgehead atoms. The van der Waals surface area contributed by atoms with Crippen LogP contribution in [0.4, 0.5) is 0 Å². The molecule has 0 aliphatic rings. The van der Waals surface area contributed by atoms with E-state index in [1.165, 1.54) is 11.8 Å². The third kappa shape index (κ3) is 4.86. The molecule has 136 valence electrons. The van der Waals surface area contributed by atoms with E-state index in [9.17, 15) is 9.59 Å². The van der Waals surface area contributed by atoms with Gasteiger partial charge in [0.2, 0.25) is 0 Å². The van der Waals surface area contributed by atoms with Crippen LogP contribution in [0, 0.1) is 0 Å². The average molecular weight is 376 g/mol. The maximum Gasteiger partial charge on any atom is 0.339 e. The van der Waals surface area contributed by atoms with Crippen molar-refractivity contribution in [3.8, 4) is 11.1 Å². The molecule has 27 heavy (non-hydrogen) atoms. The minimum atomic E-state index is -0.361. The normalized spacial score (nSPS) is 10.4. The van der Waals surface area contributed by atoms with Gasteiger partial charge >= 0.3 is 5.97 Å². The molecule has 0 amide bonds. The molecule has 3 aromatic carbocycles. The maximum absolute atomic E-state index is 12.5. The van der Waals surface area contributed by atoms with Crippen LogP contribution in [0.3, 0.4) is 0 Å². The molecular formula is C23H20O3S. The van der Waals surface area contributed by atoms with Crippen LogP contribution in [0.2, 0.25) is 0 Å². The van der Waals surface area contributed by atoms with Crippen molar-refractivity contribution in [3.05, 3.63) is 90.0 Å². The molecule has 3 nitrogen and oxygen atoms in total. The fraction of sp³-hybridized carbons (Fsp3) is 0.130. The maximum atomic E-state index is 12.5. The summed E-state index contributed by atoms with van der Waals surface area (Å²) in [6.45, 7) is 2.10. The van der Waals surface area contributed by atoms with E-state index in [0.717, 1.165) is 16.0 Å². The molecule has 0 aromatic heterocycles. The summed E-state index contributed by atoms with van der Waals surface area (Å²) in [5.41, 5.74) is 3.36. The van der Waals surface area contributed by atoms with Crippen molar-refractivity contribution in [2.24, 2.45) is 0 Å². The summed E-state index contributed by atoms with van der Waals surface area (Å²) in [5, 5.41) is 0. The highest BCUT2D eigenvalue weighted by molar-refractivity contribution is 8.00. The Labute approximate surface area is 163 Å². The van der Waals surface area contributed by atoms with E-state index < -0.39 is 0 Å². The van der Waals surface area contributed by atoms with Gasteiger partial charge in [0.25, 0.3) is 0 Å². The van der Waals surface area contributed by atoms with Gasteiger partial charge in [-0.2, -0.15) is 0 Å². The summed E-state index contributed by atoms with van der Waals surface area (Å²) in [5.74, 6) is -0.0697. The van der Waals surface area contributed by atoms with Crippen molar-refractivity contribution in [2.75, 3.05) is 12.4 Å². The van der Waals surface area contributed by atoms with E-state index in [4.69, 9.17) is 4.74 Å². The van der Waals surface area contributed by atoms with Gasteiger partial charge in [0, 0.05) is 10.5 Å². The first-order valence-corrected chi connectivity index (χ1v) is 9.75. The van der Waals surface area contributed by atoms with Crippen LogP contribution in [-0.2, 0) is 4.74 Å². The number of esters is 1. The number of ether oxygens (including phenoxy) is 1. The van der Waals surface area contributed by atoms with E-state index in [0.29, 0.717) is 17.7 Å². The second kappa shape index (κ2) is 9.19. The number of carbonyl (C=O) groups is 2. The minimum absolute atomic E-state index is 0.0262. The van der Waals surface area contributed by atoms with Gasteiger partial charge in [-0.15, -0.1) is 11.8 Å². The Morgan fingerprint density at radius 2 is 1.44 bits per heavy atom. The fourth-order valence-electron chi connectivity index (χ4n) is 2.68. The SMILES string of the molecule is CCOC(=O)c1ccccc1SCC(=O)c1ccc(-c2ccccc2)cc1. The van der Waals surface area contributed by atoms with Gasteiger partial charge < -0.3 is 4.74 Å². The smallest absolute Gasteiger partial charge is 0.339 e. The number of ketones is 1. The molecule has 4 heteroatoms. The Balaban J connectivity index is 1.67. The fourth-order valence-corrected chi connectivity index (χ4v) is 3.61. The Morgan fingerprint density at radius 3 is 2.15 bits per heavy atom. The van der Waals surface area contributed by atoms with Gasteiger partial charge in [0.05, 0.1) is 17.9 Å². The first kappa shape index (κ1) is 18.9. The number of hydrogen-bond acceptors (Lipinski definition) is 4. The summed E-state index contributed by atoms with van der Waals surface area (Å²) < 4.78 is 5.08. The Bertz CT molecular complexity index is 918. The lowest BCUT2D eigenvalue weighted by Gasteiger charge is -2.08. The third-order valence-electron chi connectivity index (χ3n) is 4.06. The minimum Gasteiger partial charge on any atom is -0.462 e. The summed E-state index contributed by atoms with van der Waals surface area (Å²) in [7, 11) is 0. The molecule has 0 atom stereocenters. The van der Waals surface area contributed by atoms with Crippen molar-refractivity contribution in [1.29, 1.82) is 0 Å². The van der Waals surface area contributed by atoms with Crippen LogP contribution >= 0.6 is 11.8 Å². The van der Waals surface area contributed by atoms with Gasteiger partial charge in [-0.25, -0.2) is 4.79 Å². The third-order valence-corrected chi connectivity index (χ3v) is 5.13. The zero-order chi connectivity index (χ0) is 19.1. The lowest BCUT2D eigenvalue weighted by Crippen LogP contribution is -2.07. The quantitative estimate of drug-likeness (QED) is 0.310.